The SMILES string of the molecule is C[C@H](NC(=O)C(=Cc1ccc2c(c1)OCO2)NC(=O)c1ccccc1)C(=O)O. The normalized spacial score (nSPS) is 13.5. The summed E-state index contributed by atoms with van der Waals surface area (Å²) in [7, 11) is 0. The van der Waals surface area contributed by atoms with Crippen molar-refractivity contribution in [1.82, 2.24) is 10.6 Å². The van der Waals surface area contributed by atoms with Gasteiger partial charge < -0.3 is 25.2 Å². The Kier molecular flexibility index (Phi) is 5.59. The molecule has 144 valence electrons. The van der Waals surface area contributed by atoms with Crippen LogP contribution in [0.15, 0.2) is 54.2 Å². The molecule has 1 heterocycles. The molecule has 0 saturated carbocycles. The Morgan fingerprint density at radius 3 is 2.50 bits per heavy atom. The quantitative estimate of drug-likeness (QED) is 0.656. The Morgan fingerprint density at radius 1 is 1.07 bits per heavy atom. The van der Waals surface area contributed by atoms with E-state index in [9.17, 15) is 14.4 Å². The maximum Gasteiger partial charge on any atom is 0.325 e. The molecule has 1 aliphatic heterocycles. The van der Waals surface area contributed by atoms with Gasteiger partial charge in [-0.15, -0.1) is 0 Å². The van der Waals surface area contributed by atoms with Gasteiger partial charge in [-0.3, -0.25) is 14.4 Å². The highest BCUT2D eigenvalue weighted by Crippen LogP contribution is 2.33. The molecule has 0 spiro atoms. The molecule has 8 nitrogen and oxygen atoms in total. The Hall–Kier alpha value is -3.81. The van der Waals surface area contributed by atoms with Crippen molar-refractivity contribution in [3.63, 3.8) is 0 Å². The zero-order valence-corrected chi connectivity index (χ0v) is 15.0. The van der Waals surface area contributed by atoms with E-state index in [1.54, 1.807) is 48.5 Å². The van der Waals surface area contributed by atoms with Crippen LogP contribution in [0.1, 0.15) is 22.8 Å². The number of amides is 2. The smallest absolute Gasteiger partial charge is 0.325 e. The predicted molar refractivity (Wildman–Crippen MR) is 99.7 cm³/mol. The van der Waals surface area contributed by atoms with E-state index in [1.807, 2.05) is 0 Å². The van der Waals surface area contributed by atoms with Gasteiger partial charge in [0.05, 0.1) is 0 Å². The number of ether oxygens (including phenoxy) is 2. The van der Waals surface area contributed by atoms with Crippen LogP contribution < -0.4 is 20.1 Å². The predicted octanol–water partition coefficient (Wildman–Crippen LogP) is 1.78. The Morgan fingerprint density at radius 2 is 1.79 bits per heavy atom. The number of hydrogen-bond donors (Lipinski definition) is 3. The van der Waals surface area contributed by atoms with Crippen LogP contribution in [0, 0.1) is 0 Å². The second-order valence-corrected chi connectivity index (χ2v) is 6.02. The highest BCUT2D eigenvalue weighted by Gasteiger charge is 2.20. The largest absolute Gasteiger partial charge is 0.480 e. The molecule has 3 N–H and O–H groups in total. The van der Waals surface area contributed by atoms with Gasteiger partial charge in [0.1, 0.15) is 11.7 Å². The van der Waals surface area contributed by atoms with Crippen LogP contribution in [-0.2, 0) is 9.59 Å². The number of carboxylic acids is 1. The summed E-state index contributed by atoms with van der Waals surface area (Å²) in [4.78, 5) is 36.0. The van der Waals surface area contributed by atoms with Crippen LogP contribution in [0.3, 0.4) is 0 Å². The zero-order valence-electron chi connectivity index (χ0n) is 15.0. The molecule has 2 aromatic carbocycles. The summed E-state index contributed by atoms with van der Waals surface area (Å²) < 4.78 is 10.6. The lowest BCUT2D eigenvalue weighted by Gasteiger charge is -2.13. The highest BCUT2D eigenvalue weighted by atomic mass is 16.7. The molecule has 1 aliphatic rings. The third-order valence-corrected chi connectivity index (χ3v) is 3.95. The van der Waals surface area contributed by atoms with Gasteiger partial charge >= 0.3 is 5.97 Å². The summed E-state index contributed by atoms with van der Waals surface area (Å²) in [6, 6.07) is 12.3. The first-order valence-corrected chi connectivity index (χ1v) is 8.45. The monoisotopic (exact) mass is 382 g/mol. The van der Waals surface area contributed by atoms with Crippen LogP contribution in [0.2, 0.25) is 0 Å². The molecule has 8 heteroatoms. The zero-order chi connectivity index (χ0) is 20.1. The molecular formula is C20H18N2O6. The van der Waals surface area contributed by atoms with Gasteiger partial charge in [0.15, 0.2) is 11.5 Å². The molecule has 0 aliphatic carbocycles. The molecule has 0 fully saturated rings. The van der Waals surface area contributed by atoms with Crippen LogP contribution in [0.25, 0.3) is 6.08 Å². The number of benzene rings is 2. The first-order chi connectivity index (χ1) is 13.4. The number of carboxylic acid groups (broad SMARTS) is 1. The number of nitrogens with one attached hydrogen (secondary N) is 2. The molecule has 0 radical (unpaired) electrons. The van der Waals surface area contributed by atoms with Crippen molar-refractivity contribution in [3.05, 3.63) is 65.4 Å². The molecule has 28 heavy (non-hydrogen) atoms. The molecule has 3 rings (SSSR count). The van der Waals surface area contributed by atoms with Crippen molar-refractivity contribution in [1.29, 1.82) is 0 Å². The molecule has 0 unspecified atom stereocenters. The standard InChI is InChI=1S/C20H18N2O6/c1-12(20(25)26)21-19(24)15(22-18(23)14-5-3-2-4-6-14)9-13-7-8-16-17(10-13)28-11-27-16/h2-10,12H,11H2,1H3,(H,21,24)(H,22,23)(H,25,26)/t12-/m0/s1. The van der Waals surface area contributed by atoms with Gasteiger partial charge in [-0.2, -0.15) is 0 Å². The summed E-state index contributed by atoms with van der Waals surface area (Å²) in [5.74, 6) is -1.31. The van der Waals surface area contributed by atoms with Crippen molar-refractivity contribution in [2.45, 2.75) is 13.0 Å². The lowest BCUT2D eigenvalue weighted by Crippen LogP contribution is -2.42. The summed E-state index contributed by atoms with van der Waals surface area (Å²) >= 11 is 0. The molecule has 0 saturated heterocycles. The average Bonchev–Trinajstić information content (AvgIpc) is 3.15. The minimum atomic E-state index is -1.19. The van der Waals surface area contributed by atoms with E-state index in [0.29, 0.717) is 22.6 Å². The van der Waals surface area contributed by atoms with E-state index in [2.05, 4.69) is 10.6 Å². The first kappa shape index (κ1) is 19.0. The Balaban J connectivity index is 1.88. The number of fused-ring (bicyclic) bond motifs is 1. The maximum absolute atomic E-state index is 12.5. The maximum atomic E-state index is 12.5. The van der Waals surface area contributed by atoms with Gasteiger partial charge in [-0.25, -0.2) is 0 Å². The summed E-state index contributed by atoms with van der Waals surface area (Å²) in [6.07, 6.45) is 1.44. The second kappa shape index (κ2) is 8.26. The number of carbonyl (C=O) groups is 3. The number of aliphatic carboxylic acids is 1. The second-order valence-electron chi connectivity index (χ2n) is 6.02. The van der Waals surface area contributed by atoms with Crippen LogP contribution >= 0.6 is 0 Å². The van der Waals surface area contributed by atoms with E-state index in [0.717, 1.165) is 0 Å². The minimum absolute atomic E-state index is 0.0965. The molecule has 2 aromatic rings. The number of hydrogen-bond acceptors (Lipinski definition) is 5. The van der Waals surface area contributed by atoms with Gasteiger partial charge in [0.25, 0.3) is 11.8 Å². The van der Waals surface area contributed by atoms with Crippen molar-refractivity contribution in [3.8, 4) is 11.5 Å². The summed E-state index contributed by atoms with van der Waals surface area (Å²) in [6.45, 7) is 1.44. The highest BCUT2D eigenvalue weighted by molar-refractivity contribution is 6.06. The van der Waals surface area contributed by atoms with Crippen LogP contribution in [0.4, 0.5) is 0 Å². The van der Waals surface area contributed by atoms with Gasteiger partial charge in [-0.05, 0) is 42.8 Å². The minimum Gasteiger partial charge on any atom is -0.480 e. The van der Waals surface area contributed by atoms with Crippen molar-refractivity contribution in [2.75, 3.05) is 6.79 Å². The van der Waals surface area contributed by atoms with Crippen molar-refractivity contribution < 1.29 is 29.0 Å². The van der Waals surface area contributed by atoms with E-state index in [-0.39, 0.29) is 12.5 Å². The van der Waals surface area contributed by atoms with Crippen LogP contribution in [0.5, 0.6) is 11.5 Å². The molecule has 2 amide bonds. The number of rotatable bonds is 6. The van der Waals surface area contributed by atoms with Crippen LogP contribution in [-0.4, -0.2) is 35.7 Å². The lowest BCUT2D eigenvalue weighted by molar-refractivity contribution is -0.140. The van der Waals surface area contributed by atoms with Gasteiger partial charge in [0.2, 0.25) is 6.79 Å². The first-order valence-electron chi connectivity index (χ1n) is 8.45. The van der Waals surface area contributed by atoms with Gasteiger partial charge in [0, 0.05) is 5.56 Å². The number of carbonyl (C=O) groups excluding carboxylic acids is 2. The fraction of sp³-hybridized carbons (Fsp3) is 0.150. The summed E-state index contributed by atoms with van der Waals surface area (Å²) in [5.41, 5.74) is 0.838. The fourth-order valence-corrected chi connectivity index (χ4v) is 2.45. The average molecular weight is 382 g/mol. The Labute approximate surface area is 160 Å². The topological polar surface area (TPSA) is 114 Å². The Bertz CT molecular complexity index is 939. The third-order valence-electron chi connectivity index (χ3n) is 3.95. The van der Waals surface area contributed by atoms with Crippen molar-refractivity contribution >= 4 is 23.9 Å². The van der Waals surface area contributed by atoms with E-state index in [1.165, 1.54) is 13.0 Å². The van der Waals surface area contributed by atoms with Crippen molar-refractivity contribution in [2.24, 2.45) is 0 Å². The van der Waals surface area contributed by atoms with E-state index < -0.39 is 23.8 Å². The lowest BCUT2D eigenvalue weighted by atomic mass is 10.1. The molecule has 0 aromatic heterocycles. The molecule has 0 bridgehead atoms. The molecular weight excluding hydrogens is 364 g/mol. The van der Waals surface area contributed by atoms with Gasteiger partial charge in [-0.1, -0.05) is 24.3 Å². The fourth-order valence-electron chi connectivity index (χ4n) is 2.45. The molecule has 1 atom stereocenters. The van der Waals surface area contributed by atoms with E-state index >= 15 is 0 Å². The summed E-state index contributed by atoms with van der Waals surface area (Å²) in [5, 5.41) is 13.9. The third kappa shape index (κ3) is 4.47. The van der Waals surface area contributed by atoms with E-state index in [4.69, 9.17) is 14.6 Å².